The van der Waals surface area contributed by atoms with E-state index in [-0.39, 0.29) is 0 Å². The first kappa shape index (κ1) is 13.8. The molecule has 0 spiro atoms. The molecule has 128 valence electrons. The molecule has 2 atom stereocenters. The zero-order chi connectivity index (χ0) is 16.4. The molecule has 0 radical (unpaired) electrons. The Labute approximate surface area is 145 Å². The normalized spacial score (nSPS) is 25.0. The monoisotopic (exact) mass is 337 g/mol. The molecule has 0 saturated heterocycles. The molecule has 0 saturated carbocycles. The van der Waals surface area contributed by atoms with Crippen LogP contribution in [0.4, 0.5) is 0 Å². The number of ether oxygens (including phenoxy) is 4. The average molecular weight is 337 g/mol. The first-order valence-electron chi connectivity index (χ1n) is 8.96. The number of nitrogens with one attached hydrogen (secondary N) is 1. The number of rotatable bonds is 0. The molecular formula is C20H19NO4. The Balaban J connectivity index is 1.44. The lowest BCUT2D eigenvalue weighted by atomic mass is 9.78. The molecule has 2 bridgehead atoms. The smallest absolute Gasteiger partial charge is 0.161 e. The summed E-state index contributed by atoms with van der Waals surface area (Å²) in [7, 11) is 0. The minimum Gasteiger partial charge on any atom is -0.486 e. The van der Waals surface area contributed by atoms with E-state index in [1.54, 1.807) is 0 Å². The summed E-state index contributed by atoms with van der Waals surface area (Å²) in [5.74, 6) is 3.51. The van der Waals surface area contributed by atoms with Gasteiger partial charge < -0.3 is 24.3 Å². The number of benzene rings is 2. The van der Waals surface area contributed by atoms with Gasteiger partial charge in [0.15, 0.2) is 23.0 Å². The van der Waals surface area contributed by atoms with E-state index in [1.165, 1.54) is 22.3 Å². The zero-order valence-corrected chi connectivity index (χ0v) is 13.8. The van der Waals surface area contributed by atoms with Gasteiger partial charge in [0.05, 0.1) is 0 Å². The van der Waals surface area contributed by atoms with Crippen LogP contribution in [0.3, 0.4) is 0 Å². The maximum atomic E-state index is 5.78. The predicted octanol–water partition coefficient (Wildman–Crippen LogP) is 2.71. The second-order valence-electron chi connectivity index (χ2n) is 7.07. The molecule has 2 aromatic rings. The van der Waals surface area contributed by atoms with Crippen LogP contribution >= 0.6 is 0 Å². The lowest BCUT2D eigenvalue weighted by Gasteiger charge is -2.40. The second kappa shape index (κ2) is 5.05. The highest BCUT2D eigenvalue weighted by Gasteiger charge is 2.35. The highest BCUT2D eigenvalue weighted by atomic mass is 16.6. The molecule has 4 aliphatic heterocycles. The number of fused-ring (bicyclic) bond motifs is 8. The van der Waals surface area contributed by atoms with Crippen LogP contribution in [-0.2, 0) is 12.8 Å². The van der Waals surface area contributed by atoms with E-state index in [0.29, 0.717) is 38.5 Å². The van der Waals surface area contributed by atoms with Crippen molar-refractivity contribution in [2.75, 3.05) is 26.4 Å². The third-order valence-corrected chi connectivity index (χ3v) is 5.61. The molecule has 25 heavy (non-hydrogen) atoms. The summed E-state index contributed by atoms with van der Waals surface area (Å²) < 4.78 is 23.1. The van der Waals surface area contributed by atoms with E-state index in [1.807, 2.05) is 0 Å². The van der Waals surface area contributed by atoms with Gasteiger partial charge in [-0.2, -0.15) is 0 Å². The van der Waals surface area contributed by atoms with Gasteiger partial charge >= 0.3 is 0 Å². The Morgan fingerprint density at radius 2 is 1.00 bits per heavy atom. The van der Waals surface area contributed by atoms with Crippen LogP contribution in [0.25, 0.3) is 0 Å². The van der Waals surface area contributed by atoms with Crippen molar-refractivity contribution in [1.82, 2.24) is 5.32 Å². The van der Waals surface area contributed by atoms with E-state index < -0.39 is 0 Å². The van der Waals surface area contributed by atoms with Gasteiger partial charge in [-0.25, -0.2) is 0 Å². The number of hydrogen-bond acceptors (Lipinski definition) is 5. The standard InChI is InChI=1S/C20H19NO4/c1-3-24-19-9-13-11(7-17(19)22-1)5-15-14-10-20-18(23-2-4-25-20)8-12(14)6-16(13)21-15/h7-10,15-16,21H,1-6H2. The van der Waals surface area contributed by atoms with E-state index in [4.69, 9.17) is 18.9 Å². The van der Waals surface area contributed by atoms with Crippen molar-refractivity contribution >= 4 is 0 Å². The van der Waals surface area contributed by atoms with Crippen molar-refractivity contribution < 1.29 is 18.9 Å². The summed E-state index contributed by atoms with van der Waals surface area (Å²) in [5, 5.41) is 3.79. The number of hydrogen-bond donors (Lipinski definition) is 1. The molecular weight excluding hydrogens is 318 g/mol. The van der Waals surface area contributed by atoms with Crippen molar-refractivity contribution in [3.8, 4) is 23.0 Å². The third-order valence-electron chi connectivity index (χ3n) is 5.61. The Hall–Kier alpha value is -2.40. The van der Waals surface area contributed by atoms with Gasteiger partial charge in [-0.05, 0) is 59.4 Å². The second-order valence-corrected chi connectivity index (χ2v) is 7.07. The molecule has 0 amide bonds. The Morgan fingerprint density at radius 1 is 0.600 bits per heavy atom. The summed E-state index contributed by atoms with van der Waals surface area (Å²) in [6, 6.07) is 9.29. The summed E-state index contributed by atoms with van der Waals surface area (Å²) in [6.07, 6.45) is 1.91. The van der Waals surface area contributed by atoms with E-state index in [9.17, 15) is 0 Å². The van der Waals surface area contributed by atoms with Crippen molar-refractivity contribution in [2.24, 2.45) is 0 Å². The molecule has 5 nitrogen and oxygen atoms in total. The predicted molar refractivity (Wildman–Crippen MR) is 90.9 cm³/mol. The van der Waals surface area contributed by atoms with Gasteiger partial charge in [0.1, 0.15) is 26.4 Å². The van der Waals surface area contributed by atoms with Crippen LogP contribution in [0.2, 0.25) is 0 Å². The minimum atomic E-state index is 0.305. The summed E-state index contributed by atoms with van der Waals surface area (Å²) >= 11 is 0. The maximum Gasteiger partial charge on any atom is 0.161 e. The van der Waals surface area contributed by atoms with Crippen molar-refractivity contribution in [3.05, 3.63) is 46.5 Å². The first-order chi connectivity index (χ1) is 12.3. The van der Waals surface area contributed by atoms with Gasteiger partial charge in [-0.1, -0.05) is 0 Å². The van der Waals surface area contributed by atoms with Crippen LogP contribution in [0.5, 0.6) is 23.0 Å². The molecule has 5 heteroatoms. The zero-order valence-electron chi connectivity index (χ0n) is 13.8. The van der Waals surface area contributed by atoms with E-state index in [0.717, 1.165) is 35.8 Å². The quantitative estimate of drug-likeness (QED) is 0.801. The molecule has 6 rings (SSSR count). The van der Waals surface area contributed by atoms with Crippen molar-refractivity contribution in [2.45, 2.75) is 24.9 Å². The van der Waals surface area contributed by atoms with Crippen LogP contribution in [0, 0.1) is 0 Å². The molecule has 2 unspecified atom stereocenters. The summed E-state index contributed by atoms with van der Waals surface area (Å²) in [6.45, 7) is 2.50. The third kappa shape index (κ3) is 2.05. The van der Waals surface area contributed by atoms with Gasteiger partial charge in [-0.15, -0.1) is 0 Å². The van der Waals surface area contributed by atoms with Crippen molar-refractivity contribution in [1.29, 1.82) is 0 Å². The van der Waals surface area contributed by atoms with Crippen LogP contribution < -0.4 is 24.3 Å². The van der Waals surface area contributed by atoms with Crippen LogP contribution in [0.1, 0.15) is 34.3 Å². The Bertz CT molecular complexity index is 807. The minimum absolute atomic E-state index is 0.305. The molecule has 0 aromatic heterocycles. The van der Waals surface area contributed by atoms with Gasteiger partial charge in [0.25, 0.3) is 0 Å². The van der Waals surface area contributed by atoms with E-state index >= 15 is 0 Å². The van der Waals surface area contributed by atoms with Gasteiger partial charge in [0, 0.05) is 12.1 Å². The average Bonchev–Trinajstić information content (AvgIpc) is 2.65. The first-order valence-corrected chi connectivity index (χ1v) is 8.96. The van der Waals surface area contributed by atoms with Gasteiger partial charge in [-0.3, -0.25) is 0 Å². The molecule has 2 aromatic carbocycles. The van der Waals surface area contributed by atoms with Crippen LogP contribution in [-0.4, -0.2) is 26.4 Å². The summed E-state index contributed by atoms with van der Waals surface area (Å²) in [5.41, 5.74) is 5.39. The lowest BCUT2D eigenvalue weighted by Crippen LogP contribution is -2.39. The summed E-state index contributed by atoms with van der Waals surface area (Å²) in [4.78, 5) is 0. The SMILES string of the molecule is c1c2c(cc3c1OCCO3)C1Cc3cc4c(cc3C(C2)N1)OCCO4. The fraction of sp³-hybridized carbons (Fsp3) is 0.400. The highest BCUT2D eigenvalue weighted by Crippen LogP contribution is 2.46. The molecule has 1 N–H and O–H groups in total. The van der Waals surface area contributed by atoms with Gasteiger partial charge in [0.2, 0.25) is 0 Å². The maximum absolute atomic E-state index is 5.78. The fourth-order valence-electron chi connectivity index (χ4n) is 4.50. The molecule has 0 fully saturated rings. The topological polar surface area (TPSA) is 49.0 Å². The molecule has 4 heterocycles. The van der Waals surface area contributed by atoms with Crippen LogP contribution in [0.15, 0.2) is 24.3 Å². The Morgan fingerprint density at radius 3 is 1.44 bits per heavy atom. The molecule has 4 aliphatic rings. The molecule has 0 aliphatic carbocycles. The Kier molecular flexibility index (Phi) is 2.80. The largest absolute Gasteiger partial charge is 0.486 e. The fourth-order valence-corrected chi connectivity index (χ4v) is 4.50. The highest BCUT2D eigenvalue weighted by molar-refractivity contribution is 5.55. The lowest BCUT2D eigenvalue weighted by molar-refractivity contribution is 0.169. The van der Waals surface area contributed by atoms with E-state index in [2.05, 4.69) is 29.6 Å². The van der Waals surface area contributed by atoms with Crippen molar-refractivity contribution in [3.63, 3.8) is 0 Å².